The summed E-state index contributed by atoms with van der Waals surface area (Å²) in [4.78, 5) is 0. The average molecular weight is 310 g/mol. The lowest BCUT2D eigenvalue weighted by atomic mass is 10.1. The van der Waals surface area contributed by atoms with Crippen LogP contribution < -0.4 is 0 Å². The zero-order valence-electron chi connectivity index (χ0n) is 12.3. The predicted octanol–water partition coefficient (Wildman–Crippen LogP) is 3.45. The monoisotopic (exact) mass is 310 g/mol. The molecule has 0 bridgehead atoms. The molecule has 0 aliphatic carbocycles. The van der Waals surface area contributed by atoms with Crippen LogP contribution in [0.4, 0.5) is 8.78 Å². The number of aryl methyl sites for hydroxylation is 1. The number of nitriles is 1. The van der Waals surface area contributed by atoms with E-state index in [1.165, 1.54) is 12.1 Å². The molecule has 0 atom stereocenters. The van der Waals surface area contributed by atoms with Gasteiger partial charge in [0.1, 0.15) is 5.82 Å². The second-order valence-corrected chi connectivity index (χ2v) is 5.06. The van der Waals surface area contributed by atoms with Crippen molar-refractivity contribution < 1.29 is 8.78 Å². The second kappa shape index (κ2) is 5.97. The van der Waals surface area contributed by atoms with E-state index in [1.807, 2.05) is 0 Å². The van der Waals surface area contributed by atoms with Gasteiger partial charge in [-0.1, -0.05) is 24.3 Å². The highest BCUT2D eigenvalue weighted by molar-refractivity contribution is 5.58. The van der Waals surface area contributed by atoms with Gasteiger partial charge in [0.15, 0.2) is 17.5 Å². The maximum atomic E-state index is 13.9. The van der Waals surface area contributed by atoms with Crippen molar-refractivity contribution in [3.8, 4) is 17.5 Å². The standard InChI is InChI=1S/C17H12F2N4/c1-11-21-22-17(13-5-2-4-12(8-13)9-20)23(11)10-14-6-3-7-15(18)16(14)19/h2-8H,10H2,1H3. The van der Waals surface area contributed by atoms with Gasteiger partial charge in [-0.15, -0.1) is 10.2 Å². The van der Waals surface area contributed by atoms with Gasteiger partial charge in [0.2, 0.25) is 0 Å². The Balaban J connectivity index is 2.06. The van der Waals surface area contributed by atoms with Crippen LogP contribution in [0.3, 0.4) is 0 Å². The Morgan fingerprint density at radius 3 is 2.70 bits per heavy atom. The normalized spacial score (nSPS) is 10.5. The van der Waals surface area contributed by atoms with Crippen LogP contribution in [0.5, 0.6) is 0 Å². The van der Waals surface area contributed by atoms with Crippen molar-refractivity contribution in [2.45, 2.75) is 13.5 Å². The Bertz CT molecular complexity index is 909. The maximum Gasteiger partial charge on any atom is 0.164 e. The fourth-order valence-electron chi connectivity index (χ4n) is 2.35. The number of rotatable bonds is 3. The number of hydrogen-bond donors (Lipinski definition) is 0. The van der Waals surface area contributed by atoms with E-state index < -0.39 is 11.6 Å². The highest BCUT2D eigenvalue weighted by Gasteiger charge is 2.15. The van der Waals surface area contributed by atoms with E-state index in [2.05, 4.69) is 16.3 Å². The van der Waals surface area contributed by atoms with Crippen LogP contribution in [0.1, 0.15) is 17.0 Å². The number of nitrogens with zero attached hydrogens (tertiary/aromatic N) is 4. The van der Waals surface area contributed by atoms with Crippen molar-refractivity contribution in [1.29, 1.82) is 5.26 Å². The van der Waals surface area contributed by atoms with Gasteiger partial charge >= 0.3 is 0 Å². The Kier molecular flexibility index (Phi) is 3.85. The molecule has 23 heavy (non-hydrogen) atoms. The molecule has 0 N–H and O–H groups in total. The maximum absolute atomic E-state index is 13.9. The number of benzene rings is 2. The first-order valence-electron chi connectivity index (χ1n) is 6.93. The van der Waals surface area contributed by atoms with Gasteiger partial charge in [-0.05, 0) is 25.1 Å². The summed E-state index contributed by atoms with van der Waals surface area (Å²) in [6.07, 6.45) is 0. The Labute approximate surface area is 131 Å². The fraction of sp³-hybridized carbons (Fsp3) is 0.118. The summed E-state index contributed by atoms with van der Waals surface area (Å²) in [5.74, 6) is -0.687. The third-order valence-electron chi connectivity index (χ3n) is 3.55. The molecule has 1 heterocycles. The number of hydrogen-bond acceptors (Lipinski definition) is 3. The highest BCUT2D eigenvalue weighted by Crippen LogP contribution is 2.22. The molecule has 0 radical (unpaired) electrons. The van der Waals surface area contributed by atoms with Gasteiger partial charge in [-0.25, -0.2) is 8.78 Å². The van der Waals surface area contributed by atoms with Crippen LogP contribution in [0.15, 0.2) is 42.5 Å². The number of aromatic nitrogens is 3. The van der Waals surface area contributed by atoms with Gasteiger partial charge in [0.25, 0.3) is 0 Å². The SMILES string of the molecule is Cc1nnc(-c2cccc(C#N)c2)n1Cc1cccc(F)c1F. The second-order valence-electron chi connectivity index (χ2n) is 5.06. The van der Waals surface area contributed by atoms with Crippen LogP contribution in [-0.4, -0.2) is 14.8 Å². The predicted molar refractivity (Wildman–Crippen MR) is 80.4 cm³/mol. The minimum atomic E-state index is -0.888. The van der Waals surface area contributed by atoms with Gasteiger partial charge in [0.05, 0.1) is 18.2 Å². The lowest BCUT2D eigenvalue weighted by Gasteiger charge is -2.10. The summed E-state index contributed by atoms with van der Waals surface area (Å²) >= 11 is 0. The smallest absolute Gasteiger partial charge is 0.164 e. The molecule has 0 unspecified atom stereocenters. The zero-order chi connectivity index (χ0) is 16.4. The first kappa shape index (κ1) is 14.9. The molecule has 0 amide bonds. The van der Waals surface area contributed by atoms with Crippen LogP contribution in [0, 0.1) is 29.9 Å². The van der Waals surface area contributed by atoms with E-state index >= 15 is 0 Å². The van der Waals surface area contributed by atoms with Gasteiger partial charge < -0.3 is 4.57 Å². The molecule has 0 spiro atoms. The Morgan fingerprint density at radius 2 is 1.91 bits per heavy atom. The fourth-order valence-corrected chi connectivity index (χ4v) is 2.35. The van der Waals surface area contributed by atoms with Gasteiger partial charge in [-0.3, -0.25) is 0 Å². The van der Waals surface area contributed by atoms with E-state index in [0.717, 1.165) is 6.07 Å². The van der Waals surface area contributed by atoms with Crippen molar-refractivity contribution in [1.82, 2.24) is 14.8 Å². The van der Waals surface area contributed by atoms with Gasteiger partial charge in [-0.2, -0.15) is 5.26 Å². The van der Waals surface area contributed by atoms with Crippen molar-refractivity contribution in [3.63, 3.8) is 0 Å². The third-order valence-corrected chi connectivity index (χ3v) is 3.55. The zero-order valence-corrected chi connectivity index (χ0v) is 12.3. The largest absolute Gasteiger partial charge is 0.307 e. The van der Waals surface area contributed by atoms with E-state index in [1.54, 1.807) is 35.8 Å². The van der Waals surface area contributed by atoms with E-state index in [-0.39, 0.29) is 12.1 Å². The van der Waals surface area contributed by atoms with Crippen LogP contribution in [0.2, 0.25) is 0 Å². The minimum Gasteiger partial charge on any atom is -0.307 e. The van der Waals surface area contributed by atoms with Crippen LogP contribution in [-0.2, 0) is 6.54 Å². The van der Waals surface area contributed by atoms with Crippen molar-refractivity contribution in [2.75, 3.05) is 0 Å². The highest BCUT2D eigenvalue weighted by atomic mass is 19.2. The first-order chi connectivity index (χ1) is 11.1. The quantitative estimate of drug-likeness (QED) is 0.744. The van der Waals surface area contributed by atoms with Crippen molar-refractivity contribution >= 4 is 0 Å². The molecule has 4 nitrogen and oxygen atoms in total. The molecule has 0 fully saturated rings. The summed E-state index contributed by atoms with van der Waals surface area (Å²) in [6.45, 7) is 1.84. The molecule has 0 saturated carbocycles. The molecular formula is C17H12F2N4. The molecule has 6 heteroatoms. The molecule has 3 rings (SSSR count). The molecule has 0 aliphatic heterocycles. The minimum absolute atomic E-state index is 0.106. The molecular weight excluding hydrogens is 298 g/mol. The Morgan fingerprint density at radius 1 is 1.13 bits per heavy atom. The molecule has 2 aromatic carbocycles. The summed E-state index contributed by atoms with van der Waals surface area (Å²) in [5.41, 5.74) is 1.40. The summed E-state index contributed by atoms with van der Waals surface area (Å²) < 4.78 is 29.0. The summed E-state index contributed by atoms with van der Waals surface area (Å²) in [6, 6.07) is 13.0. The van der Waals surface area contributed by atoms with Crippen molar-refractivity contribution in [3.05, 3.63) is 71.1 Å². The van der Waals surface area contributed by atoms with E-state index in [4.69, 9.17) is 5.26 Å². The third kappa shape index (κ3) is 2.81. The van der Waals surface area contributed by atoms with Gasteiger partial charge in [0, 0.05) is 11.1 Å². The van der Waals surface area contributed by atoms with Crippen molar-refractivity contribution in [2.24, 2.45) is 0 Å². The average Bonchev–Trinajstić information content (AvgIpc) is 2.93. The molecule has 3 aromatic rings. The first-order valence-corrected chi connectivity index (χ1v) is 6.93. The number of halogens is 2. The molecule has 0 saturated heterocycles. The lowest BCUT2D eigenvalue weighted by molar-refractivity contribution is 0.495. The van der Waals surface area contributed by atoms with E-state index in [9.17, 15) is 8.78 Å². The Hall–Kier alpha value is -3.07. The summed E-state index contributed by atoms with van der Waals surface area (Å²) in [7, 11) is 0. The topological polar surface area (TPSA) is 54.5 Å². The van der Waals surface area contributed by atoms with E-state index in [0.29, 0.717) is 22.8 Å². The lowest BCUT2D eigenvalue weighted by Crippen LogP contribution is -2.07. The van der Waals surface area contributed by atoms with Crippen LogP contribution >= 0.6 is 0 Å². The molecule has 114 valence electrons. The summed E-state index contributed by atoms with van der Waals surface area (Å²) in [5, 5.41) is 17.1. The van der Waals surface area contributed by atoms with Crippen LogP contribution in [0.25, 0.3) is 11.4 Å². The molecule has 1 aromatic heterocycles. The molecule has 0 aliphatic rings.